The Bertz CT molecular complexity index is 604. The maximum absolute atomic E-state index is 12.9. The Labute approximate surface area is 146 Å². The van der Waals surface area contributed by atoms with Crippen molar-refractivity contribution < 1.29 is 9.59 Å². The van der Waals surface area contributed by atoms with E-state index in [0.717, 1.165) is 36.0 Å². The van der Waals surface area contributed by atoms with Gasteiger partial charge in [-0.25, -0.2) is 0 Å². The van der Waals surface area contributed by atoms with Crippen LogP contribution in [0.4, 0.5) is 5.69 Å². The van der Waals surface area contributed by atoms with Crippen molar-refractivity contribution in [1.29, 1.82) is 0 Å². The van der Waals surface area contributed by atoms with Gasteiger partial charge in [-0.2, -0.15) is 0 Å². The summed E-state index contributed by atoms with van der Waals surface area (Å²) in [5, 5.41) is 0. The summed E-state index contributed by atoms with van der Waals surface area (Å²) in [6.07, 6.45) is 4.71. The average molecular weight is 379 g/mol. The molecule has 1 aromatic rings. The Kier molecular flexibility index (Phi) is 5.05. The Morgan fingerprint density at radius 3 is 2.91 bits per heavy atom. The second kappa shape index (κ2) is 7.04. The predicted molar refractivity (Wildman–Crippen MR) is 94.2 cm³/mol. The van der Waals surface area contributed by atoms with Gasteiger partial charge in [0.05, 0.1) is 5.92 Å². The van der Waals surface area contributed by atoms with Crippen LogP contribution < -0.4 is 4.90 Å². The molecule has 2 aliphatic rings. The molecule has 2 atom stereocenters. The lowest BCUT2D eigenvalue weighted by Gasteiger charge is -2.36. The van der Waals surface area contributed by atoms with Gasteiger partial charge in [0.25, 0.3) is 0 Å². The van der Waals surface area contributed by atoms with Crippen LogP contribution in [0.15, 0.2) is 28.7 Å². The van der Waals surface area contributed by atoms with Crippen molar-refractivity contribution in [3.8, 4) is 0 Å². The molecule has 5 heteroatoms. The first kappa shape index (κ1) is 16.5. The molecule has 0 spiro atoms. The average Bonchev–Trinajstić information content (AvgIpc) is 2.96. The van der Waals surface area contributed by atoms with Crippen LogP contribution in [0.25, 0.3) is 0 Å². The molecule has 23 heavy (non-hydrogen) atoms. The van der Waals surface area contributed by atoms with E-state index in [0.29, 0.717) is 19.0 Å². The maximum Gasteiger partial charge on any atom is 0.228 e. The molecule has 2 saturated heterocycles. The van der Waals surface area contributed by atoms with E-state index in [4.69, 9.17) is 0 Å². The summed E-state index contributed by atoms with van der Waals surface area (Å²) in [5.41, 5.74) is 0.866. The highest BCUT2D eigenvalue weighted by Crippen LogP contribution is 2.30. The molecule has 4 nitrogen and oxygen atoms in total. The summed E-state index contributed by atoms with van der Waals surface area (Å²) in [6.45, 7) is 3.49. The predicted octanol–water partition coefficient (Wildman–Crippen LogP) is 3.59. The highest BCUT2D eigenvalue weighted by Gasteiger charge is 2.39. The van der Waals surface area contributed by atoms with Crippen molar-refractivity contribution >= 4 is 33.4 Å². The van der Waals surface area contributed by atoms with Crippen LogP contribution >= 0.6 is 15.9 Å². The molecule has 2 amide bonds. The molecular weight excluding hydrogens is 356 g/mol. The van der Waals surface area contributed by atoms with E-state index in [2.05, 4.69) is 22.9 Å². The summed E-state index contributed by atoms with van der Waals surface area (Å²) in [7, 11) is 0. The monoisotopic (exact) mass is 378 g/mol. The molecule has 2 aliphatic heterocycles. The largest absolute Gasteiger partial charge is 0.339 e. The molecular formula is C18H23BrN2O2. The lowest BCUT2D eigenvalue weighted by molar-refractivity contribution is -0.139. The van der Waals surface area contributed by atoms with Crippen molar-refractivity contribution in [3.63, 3.8) is 0 Å². The highest BCUT2D eigenvalue weighted by atomic mass is 79.9. The van der Waals surface area contributed by atoms with Gasteiger partial charge in [0, 0.05) is 35.7 Å². The van der Waals surface area contributed by atoms with E-state index < -0.39 is 0 Å². The molecule has 3 rings (SSSR count). The van der Waals surface area contributed by atoms with Crippen molar-refractivity contribution in [3.05, 3.63) is 28.7 Å². The molecule has 1 aromatic carbocycles. The van der Waals surface area contributed by atoms with Crippen LogP contribution in [-0.2, 0) is 9.59 Å². The number of halogens is 1. The van der Waals surface area contributed by atoms with Gasteiger partial charge in [-0.1, -0.05) is 28.9 Å². The topological polar surface area (TPSA) is 40.6 Å². The fourth-order valence-corrected chi connectivity index (χ4v) is 4.10. The zero-order chi connectivity index (χ0) is 16.4. The number of piperidine rings is 1. The van der Waals surface area contributed by atoms with E-state index in [-0.39, 0.29) is 17.7 Å². The Hall–Kier alpha value is -1.36. The van der Waals surface area contributed by atoms with Gasteiger partial charge in [-0.05, 0) is 43.9 Å². The number of carbonyl (C=O) groups is 2. The summed E-state index contributed by atoms with van der Waals surface area (Å²) >= 11 is 3.44. The number of benzene rings is 1. The Morgan fingerprint density at radius 2 is 2.17 bits per heavy atom. The Morgan fingerprint density at radius 1 is 1.35 bits per heavy atom. The van der Waals surface area contributed by atoms with Gasteiger partial charge < -0.3 is 9.80 Å². The normalized spacial score (nSPS) is 25.0. The zero-order valence-electron chi connectivity index (χ0n) is 13.5. The molecule has 0 N–H and O–H groups in total. The second-order valence-corrected chi connectivity index (χ2v) is 7.39. The van der Waals surface area contributed by atoms with Crippen LogP contribution in [0.3, 0.4) is 0 Å². The molecule has 2 fully saturated rings. The van der Waals surface area contributed by atoms with Gasteiger partial charge in [0.1, 0.15) is 0 Å². The van der Waals surface area contributed by atoms with Crippen molar-refractivity contribution in [2.24, 2.45) is 5.92 Å². The number of hydrogen-bond acceptors (Lipinski definition) is 2. The molecule has 2 heterocycles. The van der Waals surface area contributed by atoms with Crippen molar-refractivity contribution in [2.75, 3.05) is 18.0 Å². The van der Waals surface area contributed by atoms with Gasteiger partial charge in [-0.15, -0.1) is 0 Å². The van der Waals surface area contributed by atoms with Crippen molar-refractivity contribution in [2.45, 2.75) is 45.1 Å². The minimum atomic E-state index is -0.200. The number of amides is 2. The number of carbonyl (C=O) groups excluding carboxylic acids is 2. The lowest BCUT2D eigenvalue weighted by atomic mass is 9.97. The van der Waals surface area contributed by atoms with Gasteiger partial charge >= 0.3 is 0 Å². The Balaban J connectivity index is 1.72. The molecule has 0 bridgehead atoms. The molecule has 0 aliphatic carbocycles. The summed E-state index contributed by atoms with van der Waals surface area (Å²) in [6, 6.07) is 8.06. The number of rotatable bonds is 3. The number of hydrogen-bond donors (Lipinski definition) is 0. The summed E-state index contributed by atoms with van der Waals surface area (Å²) < 4.78 is 0.944. The van der Waals surface area contributed by atoms with E-state index in [1.807, 2.05) is 29.2 Å². The summed E-state index contributed by atoms with van der Waals surface area (Å²) in [5.74, 6) is 0.0162. The van der Waals surface area contributed by atoms with Crippen LogP contribution in [0.5, 0.6) is 0 Å². The van der Waals surface area contributed by atoms with Crippen LogP contribution in [0.2, 0.25) is 0 Å². The SMILES string of the molecule is CCC1CCCCN1C(=O)C1CC(=O)N(c2cccc(Br)c2)C1. The first-order valence-electron chi connectivity index (χ1n) is 8.46. The van der Waals surface area contributed by atoms with Crippen molar-refractivity contribution in [1.82, 2.24) is 4.90 Å². The first-order valence-corrected chi connectivity index (χ1v) is 9.26. The second-order valence-electron chi connectivity index (χ2n) is 6.47. The third-order valence-electron chi connectivity index (χ3n) is 4.98. The van der Waals surface area contributed by atoms with Gasteiger partial charge in [0.15, 0.2) is 0 Å². The smallest absolute Gasteiger partial charge is 0.228 e. The molecule has 0 radical (unpaired) electrons. The highest BCUT2D eigenvalue weighted by molar-refractivity contribution is 9.10. The standard InChI is InChI=1S/C18H23BrN2O2/c1-2-15-7-3-4-9-20(15)18(23)13-10-17(22)21(12-13)16-8-5-6-14(19)11-16/h5-6,8,11,13,15H,2-4,7,9-10,12H2,1H3. The lowest BCUT2D eigenvalue weighted by Crippen LogP contribution is -2.46. The zero-order valence-corrected chi connectivity index (χ0v) is 15.1. The number of nitrogens with zero attached hydrogens (tertiary/aromatic N) is 2. The molecule has 0 saturated carbocycles. The van der Waals surface area contributed by atoms with E-state index in [1.54, 1.807) is 4.90 Å². The fourth-order valence-electron chi connectivity index (χ4n) is 3.72. The number of anilines is 1. The molecule has 2 unspecified atom stereocenters. The first-order chi connectivity index (χ1) is 11.1. The summed E-state index contributed by atoms with van der Waals surface area (Å²) in [4.78, 5) is 29.1. The van der Waals surface area contributed by atoms with Gasteiger partial charge in [0.2, 0.25) is 11.8 Å². The fraction of sp³-hybridized carbons (Fsp3) is 0.556. The van der Waals surface area contributed by atoms with Crippen LogP contribution in [-0.4, -0.2) is 35.8 Å². The van der Waals surface area contributed by atoms with E-state index >= 15 is 0 Å². The number of likely N-dealkylation sites (tertiary alicyclic amines) is 1. The van der Waals surface area contributed by atoms with Crippen LogP contribution in [0, 0.1) is 5.92 Å². The minimum absolute atomic E-state index is 0.0477. The third-order valence-corrected chi connectivity index (χ3v) is 5.47. The van der Waals surface area contributed by atoms with Crippen LogP contribution in [0.1, 0.15) is 39.0 Å². The maximum atomic E-state index is 12.9. The third kappa shape index (κ3) is 3.44. The van der Waals surface area contributed by atoms with Gasteiger partial charge in [-0.3, -0.25) is 9.59 Å². The van der Waals surface area contributed by atoms with E-state index in [9.17, 15) is 9.59 Å². The minimum Gasteiger partial charge on any atom is -0.339 e. The van der Waals surface area contributed by atoms with E-state index in [1.165, 1.54) is 6.42 Å². The molecule has 0 aromatic heterocycles. The molecule has 124 valence electrons. The quantitative estimate of drug-likeness (QED) is 0.805.